The summed E-state index contributed by atoms with van der Waals surface area (Å²) < 4.78 is 4.86. The number of likely N-dealkylation sites (tertiary alicyclic amines) is 1. The number of carbonyl (C=O) groups is 1. The summed E-state index contributed by atoms with van der Waals surface area (Å²) in [6.45, 7) is 4.09. The van der Waals surface area contributed by atoms with E-state index in [2.05, 4.69) is 10.2 Å². The van der Waals surface area contributed by atoms with Crippen molar-refractivity contribution in [3.63, 3.8) is 0 Å². The minimum atomic E-state index is -0.246. The summed E-state index contributed by atoms with van der Waals surface area (Å²) in [6, 6.07) is 7.73. The first kappa shape index (κ1) is 15.0. The lowest BCUT2D eigenvalue weighted by molar-refractivity contribution is 0.0597. The van der Waals surface area contributed by atoms with Crippen molar-refractivity contribution in [3.05, 3.63) is 35.4 Å². The van der Waals surface area contributed by atoms with Crippen LogP contribution in [0.3, 0.4) is 0 Å². The van der Waals surface area contributed by atoms with Crippen LogP contribution in [0.5, 0.6) is 0 Å². The fourth-order valence-corrected chi connectivity index (χ4v) is 2.96. The van der Waals surface area contributed by atoms with E-state index in [1.165, 1.54) is 20.0 Å². The third-order valence-corrected chi connectivity index (χ3v) is 3.91. The fourth-order valence-electron chi connectivity index (χ4n) is 2.96. The second kappa shape index (κ2) is 7.41. The number of ether oxygens (including phenoxy) is 1. The Morgan fingerprint density at radius 2 is 2.25 bits per heavy atom. The van der Waals surface area contributed by atoms with Gasteiger partial charge in [-0.05, 0) is 50.5 Å². The molecule has 1 heterocycles. The monoisotopic (exact) mass is 276 g/mol. The van der Waals surface area contributed by atoms with Crippen LogP contribution >= 0.6 is 0 Å². The Labute approximate surface area is 121 Å². The van der Waals surface area contributed by atoms with Crippen LogP contribution in [-0.2, 0) is 11.3 Å². The zero-order chi connectivity index (χ0) is 14.4. The van der Waals surface area contributed by atoms with Gasteiger partial charge >= 0.3 is 5.97 Å². The number of carbonyl (C=O) groups excluding carboxylic acids is 1. The molecule has 1 atom stereocenters. The van der Waals surface area contributed by atoms with Crippen LogP contribution < -0.4 is 5.32 Å². The van der Waals surface area contributed by atoms with Crippen molar-refractivity contribution in [2.45, 2.75) is 19.4 Å². The third-order valence-electron chi connectivity index (χ3n) is 3.91. The molecule has 0 aromatic heterocycles. The van der Waals surface area contributed by atoms with Crippen molar-refractivity contribution in [1.29, 1.82) is 0 Å². The second-order valence-electron chi connectivity index (χ2n) is 5.45. The molecule has 1 aliphatic heterocycles. The lowest BCUT2D eigenvalue weighted by Crippen LogP contribution is -2.38. The maximum absolute atomic E-state index is 11.8. The molecule has 1 aliphatic rings. The summed E-state index contributed by atoms with van der Waals surface area (Å²) in [5.41, 5.74) is 1.75. The van der Waals surface area contributed by atoms with Crippen LogP contribution in [0.15, 0.2) is 24.3 Å². The molecule has 0 bridgehead atoms. The average molecular weight is 276 g/mol. The van der Waals surface area contributed by atoms with Crippen molar-refractivity contribution in [2.75, 3.05) is 33.8 Å². The van der Waals surface area contributed by atoms with Gasteiger partial charge in [-0.3, -0.25) is 4.90 Å². The van der Waals surface area contributed by atoms with Gasteiger partial charge in [0.2, 0.25) is 0 Å². The molecule has 1 aromatic carbocycles. The molecule has 20 heavy (non-hydrogen) atoms. The molecule has 0 radical (unpaired) electrons. The Balaban J connectivity index is 2.04. The number of rotatable bonds is 5. The van der Waals surface area contributed by atoms with Gasteiger partial charge in [-0.2, -0.15) is 0 Å². The van der Waals surface area contributed by atoms with Crippen molar-refractivity contribution in [2.24, 2.45) is 5.92 Å². The molecule has 1 unspecified atom stereocenters. The molecule has 0 aliphatic carbocycles. The summed E-state index contributed by atoms with van der Waals surface area (Å²) in [7, 11) is 3.44. The zero-order valence-corrected chi connectivity index (χ0v) is 12.4. The minimum Gasteiger partial charge on any atom is -0.465 e. The minimum absolute atomic E-state index is 0.246. The van der Waals surface area contributed by atoms with Crippen LogP contribution in [0.4, 0.5) is 0 Å². The van der Waals surface area contributed by atoms with E-state index in [0.717, 1.165) is 31.7 Å². The van der Waals surface area contributed by atoms with E-state index < -0.39 is 0 Å². The van der Waals surface area contributed by atoms with Crippen LogP contribution in [0.2, 0.25) is 0 Å². The lowest BCUT2D eigenvalue weighted by Gasteiger charge is -2.33. The van der Waals surface area contributed by atoms with Gasteiger partial charge in [0.25, 0.3) is 0 Å². The molecule has 1 aromatic rings. The number of hydrogen-bond acceptors (Lipinski definition) is 4. The largest absolute Gasteiger partial charge is 0.465 e. The Morgan fingerprint density at radius 1 is 1.45 bits per heavy atom. The van der Waals surface area contributed by atoms with Gasteiger partial charge in [-0.15, -0.1) is 0 Å². The number of hydrogen-bond donors (Lipinski definition) is 1. The molecular weight excluding hydrogens is 252 g/mol. The Hall–Kier alpha value is -1.39. The molecule has 110 valence electrons. The van der Waals surface area contributed by atoms with Gasteiger partial charge in [0.05, 0.1) is 12.7 Å². The Kier molecular flexibility index (Phi) is 5.56. The van der Waals surface area contributed by atoms with E-state index in [-0.39, 0.29) is 5.97 Å². The SMILES string of the molecule is CNCC1CCCN(Cc2ccccc2C(=O)OC)C1. The first-order valence-corrected chi connectivity index (χ1v) is 7.27. The van der Waals surface area contributed by atoms with Gasteiger partial charge in [-0.25, -0.2) is 4.79 Å². The van der Waals surface area contributed by atoms with E-state index in [0.29, 0.717) is 11.5 Å². The van der Waals surface area contributed by atoms with Crippen molar-refractivity contribution in [1.82, 2.24) is 10.2 Å². The number of esters is 1. The molecule has 2 rings (SSSR count). The van der Waals surface area contributed by atoms with Crippen molar-refractivity contribution < 1.29 is 9.53 Å². The summed E-state index contributed by atoms with van der Waals surface area (Å²) in [6.07, 6.45) is 2.52. The number of nitrogens with one attached hydrogen (secondary N) is 1. The van der Waals surface area contributed by atoms with E-state index in [1.807, 2.05) is 31.3 Å². The first-order valence-electron chi connectivity index (χ1n) is 7.27. The van der Waals surface area contributed by atoms with E-state index in [9.17, 15) is 4.79 Å². The smallest absolute Gasteiger partial charge is 0.338 e. The quantitative estimate of drug-likeness (QED) is 0.834. The number of nitrogens with zero attached hydrogens (tertiary/aromatic N) is 1. The van der Waals surface area contributed by atoms with E-state index in [1.54, 1.807) is 0 Å². The molecule has 1 N–H and O–H groups in total. The standard InChI is InChI=1S/C16H24N2O2/c1-17-10-13-6-5-9-18(11-13)12-14-7-3-4-8-15(14)16(19)20-2/h3-4,7-8,13,17H,5-6,9-12H2,1-2H3. The van der Waals surface area contributed by atoms with Crippen molar-refractivity contribution >= 4 is 5.97 Å². The third kappa shape index (κ3) is 3.81. The van der Waals surface area contributed by atoms with Gasteiger partial charge in [0, 0.05) is 13.1 Å². The first-order chi connectivity index (χ1) is 9.74. The second-order valence-corrected chi connectivity index (χ2v) is 5.45. The maximum atomic E-state index is 11.8. The van der Waals surface area contributed by atoms with Crippen LogP contribution in [0.1, 0.15) is 28.8 Å². The topological polar surface area (TPSA) is 41.6 Å². The zero-order valence-electron chi connectivity index (χ0n) is 12.4. The molecule has 0 saturated carbocycles. The summed E-state index contributed by atoms with van der Waals surface area (Å²) in [4.78, 5) is 14.2. The van der Waals surface area contributed by atoms with Gasteiger partial charge in [0.15, 0.2) is 0 Å². The highest BCUT2D eigenvalue weighted by molar-refractivity contribution is 5.90. The van der Waals surface area contributed by atoms with E-state index >= 15 is 0 Å². The van der Waals surface area contributed by atoms with E-state index in [4.69, 9.17) is 4.74 Å². The summed E-state index contributed by atoms with van der Waals surface area (Å²) in [5, 5.41) is 3.26. The lowest BCUT2D eigenvalue weighted by atomic mass is 9.97. The molecule has 0 amide bonds. The highest BCUT2D eigenvalue weighted by Gasteiger charge is 2.21. The van der Waals surface area contributed by atoms with Gasteiger partial charge < -0.3 is 10.1 Å². The number of methoxy groups -OCH3 is 1. The predicted molar refractivity (Wildman–Crippen MR) is 79.7 cm³/mol. The summed E-state index contributed by atoms with van der Waals surface area (Å²) in [5.74, 6) is 0.462. The molecular formula is C16H24N2O2. The molecule has 4 nitrogen and oxygen atoms in total. The van der Waals surface area contributed by atoms with Crippen LogP contribution in [-0.4, -0.2) is 44.7 Å². The Morgan fingerprint density at radius 3 is 3.00 bits per heavy atom. The van der Waals surface area contributed by atoms with Crippen LogP contribution in [0.25, 0.3) is 0 Å². The highest BCUT2D eigenvalue weighted by Crippen LogP contribution is 2.20. The number of benzene rings is 1. The molecule has 4 heteroatoms. The fraction of sp³-hybridized carbons (Fsp3) is 0.562. The predicted octanol–water partition coefficient (Wildman–Crippen LogP) is 1.90. The molecule has 1 fully saturated rings. The van der Waals surface area contributed by atoms with Crippen LogP contribution in [0, 0.1) is 5.92 Å². The molecule has 0 spiro atoms. The number of piperidine rings is 1. The summed E-state index contributed by atoms with van der Waals surface area (Å²) >= 11 is 0. The normalized spacial score (nSPS) is 19.8. The van der Waals surface area contributed by atoms with Gasteiger partial charge in [-0.1, -0.05) is 18.2 Å². The van der Waals surface area contributed by atoms with Crippen molar-refractivity contribution in [3.8, 4) is 0 Å². The highest BCUT2D eigenvalue weighted by atomic mass is 16.5. The molecule has 1 saturated heterocycles. The Bertz CT molecular complexity index is 446. The average Bonchev–Trinajstić information content (AvgIpc) is 2.48. The maximum Gasteiger partial charge on any atom is 0.338 e. The van der Waals surface area contributed by atoms with Gasteiger partial charge in [0.1, 0.15) is 0 Å².